The summed E-state index contributed by atoms with van der Waals surface area (Å²) in [4.78, 5) is 15.3. The number of benzene rings is 2. The molecule has 3 aromatic rings. The highest BCUT2D eigenvalue weighted by Gasteiger charge is 2.08. The summed E-state index contributed by atoms with van der Waals surface area (Å²) in [5.74, 6) is 0.403. The van der Waals surface area contributed by atoms with Crippen LogP contribution in [0.5, 0.6) is 11.5 Å². The maximum absolute atomic E-state index is 12.2. The molecule has 0 aliphatic carbocycles. The third-order valence-corrected chi connectivity index (χ3v) is 3.52. The van der Waals surface area contributed by atoms with E-state index in [1.807, 2.05) is 0 Å². The van der Waals surface area contributed by atoms with Crippen LogP contribution < -0.4 is 10.2 Å². The van der Waals surface area contributed by atoms with Gasteiger partial charge in [0.15, 0.2) is 16.9 Å². The summed E-state index contributed by atoms with van der Waals surface area (Å²) in [6.45, 7) is 0. The lowest BCUT2D eigenvalue weighted by molar-refractivity contribution is 0.373. The number of rotatable bonds is 2. The Hall–Kier alpha value is -2.46. The van der Waals surface area contributed by atoms with Gasteiger partial charge >= 0.3 is 0 Å². The molecule has 0 amide bonds. The minimum Gasteiger partial charge on any atom is -0.504 e. The van der Waals surface area contributed by atoms with Crippen molar-refractivity contribution in [2.75, 3.05) is 7.11 Å². The summed E-state index contributed by atoms with van der Waals surface area (Å²) in [5, 5.41) is 10.9. The molecule has 0 fully saturated rings. The van der Waals surface area contributed by atoms with Crippen LogP contribution in [0.15, 0.2) is 47.3 Å². The van der Waals surface area contributed by atoms with E-state index in [9.17, 15) is 9.90 Å². The van der Waals surface area contributed by atoms with Crippen molar-refractivity contribution in [2.24, 2.45) is 0 Å². The number of halogens is 1. The van der Waals surface area contributed by atoms with Crippen molar-refractivity contribution in [2.45, 2.75) is 0 Å². The van der Waals surface area contributed by atoms with Gasteiger partial charge in [-0.15, -0.1) is 0 Å². The molecule has 2 aromatic carbocycles. The summed E-state index contributed by atoms with van der Waals surface area (Å²) >= 11 is 5.90. The average molecular weight is 302 g/mol. The molecule has 0 aliphatic rings. The second-order valence-corrected chi connectivity index (χ2v) is 5.06. The molecule has 0 unspecified atom stereocenters. The molecule has 4 nitrogen and oxygen atoms in total. The van der Waals surface area contributed by atoms with Gasteiger partial charge in [0.2, 0.25) is 0 Å². The van der Waals surface area contributed by atoms with Crippen LogP contribution in [-0.2, 0) is 0 Å². The van der Waals surface area contributed by atoms with E-state index in [1.165, 1.54) is 13.2 Å². The summed E-state index contributed by atoms with van der Waals surface area (Å²) in [5.41, 5.74) is 1.88. The highest BCUT2D eigenvalue weighted by atomic mass is 35.5. The first kappa shape index (κ1) is 13.5. The number of aromatic nitrogens is 1. The van der Waals surface area contributed by atoms with Crippen molar-refractivity contribution in [3.8, 4) is 22.8 Å². The van der Waals surface area contributed by atoms with Crippen LogP contribution in [0, 0.1) is 0 Å². The maximum Gasteiger partial charge on any atom is 0.190 e. The van der Waals surface area contributed by atoms with Crippen LogP contribution in [0.25, 0.3) is 22.2 Å². The van der Waals surface area contributed by atoms with Crippen LogP contribution >= 0.6 is 11.6 Å². The average Bonchev–Trinajstić information content (AvgIpc) is 2.47. The number of fused-ring (bicyclic) bond motifs is 1. The van der Waals surface area contributed by atoms with Gasteiger partial charge in [-0.25, -0.2) is 0 Å². The van der Waals surface area contributed by atoms with Crippen LogP contribution in [0.3, 0.4) is 0 Å². The number of aromatic amines is 1. The highest BCUT2D eigenvalue weighted by molar-refractivity contribution is 6.31. The van der Waals surface area contributed by atoms with Gasteiger partial charge in [0.1, 0.15) is 0 Å². The molecule has 106 valence electrons. The maximum atomic E-state index is 12.2. The Kier molecular flexibility index (Phi) is 3.31. The first-order valence-corrected chi connectivity index (χ1v) is 6.66. The minimum absolute atomic E-state index is 0.0204. The molecule has 0 radical (unpaired) electrons. The Morgan fingerprint density at radius 3 is 2.67 bits per heavy atom. The smallest absolute Gasteiger partial charge is 0.190 e. The fourth-order valence-corrected chi connectivity index (χ4v) is 2.40. The number of hydrogen-bond donors (Lipinski definition) is 2. The molecule has 1 aromatic heterocycles. The number of phenols is 1. The summed E-state index contributed by atoms with van der Waals surface area (Å²) in [6.07, 6.45) is 0. The standard InChI is InChI=1S/C16H12ClNO3/c1-21-16-5-2-9(6-15(16)20)13-8-14(19)11-7-10(17)3-4-12(11)18-13/h2-8,20H,1H3,(H,18,19). The van der Waals surface area contributed by atoms with Gasteiger partial charge in [0, 0.05) is 33.2 Å². The van der Waals surface area contributed by atoms with E-state index in [0.717, 1.165) is 0 Å². The third-order valence-electron chi connectivity index (χ3n) is 3.28. The molecule has 0 spiro atoms. The van der Waals surface area contributed by atoms with Crippen molar-refractivity contribution in [1.82, 2.24) is 4.98 Å². The number of ether oxygens (including phenoxy) is 1. The molecule has 0 saturated carbocycles. The zero-order valence-electron chi connectivity index (χ0n) is 11.2. The van der Waals surface area contributed by atoms with Crippen molar-refractivity contribution < 1.29 is 9.84 Å². The van der Waals surface area contributed by atoms with Gasteiger partial charge in [-0.2, -0.15) is 0 Å². The summed E-state index contributed by atoms with van der Waals surface area (Å²) in [6, 6.07) is 11.6. The molecule has 0 saturated heterocycles. The van der Waals surface area contributed by atoms with E-state index in [4.69, 9.17) is 16.3 Å². The van der Waals surface area contributed by atoms with E-state index in [0.29, 0.717) is 32.9 Å². The van der Waals surface area contributed by atoms with E-state index in [2.05, 4.69) is 4.98 Å². The Morgan fingerprint density at radius 1 is 1.14 bits per heavy atom. The molecular formula is C16H12ClNO3. The minimum atomic E-state index is -0.128. The SMILES string of the molecule is COc1ccc(-c2cc(=O)c3cc(Cl)ccc3[nH]2)cc1O. The predicted molar refractivity (Wildman–Crippen MR) is 83.2 cm³/mol. The lowest BCUT2D eigenvalue weighted by Gasteiger charge is -2.08. The lowest BCUT2D eigenvalue weighted by atomic mass is 10.1. The first-order chi connectivity index (χ1) is 10.1. The van der Waals surface area contributed by atoms with Crippen molar-refractivity contribution in [3.63, 3.8) is 0 Å². The number of hydrogen-bond acceptors (Lipinski definition) is 3. The molecule has 0 atom stereocenters. The fourth-order valence-electron chi connectivity index (χ4n) is 2.23. The topological polar surface area (TPSA) is 62.3 Å². The van der Waals surface area contributed by atoms with E-state index >= 15 is 0 Å². The molecule has 21 heavy (non-hydrogen) atoms. The molecular weight excluding hydrogens is 290 g/mol. The number of H-pyrrole nitrogens is 1. The van der Waals surface area contributed by atoms with Gasteiger partial charge in [0.25, 0.3) is 0 Å². The van der Waals surface area contributed by atoms with E-state index in [1.54, 1.807) is 36.4 Å². The number of pyridine rings is 1. The Labute approximate surface area is 125 Å². The second kappa shape index (κ2) is 5.14. The van der Waals surface area contributed by atoms with Gasteiger partial charge in [0.05, 0.1) is 7.11 Å². The zero-order valence-corrected chi connectivity index (χ0v) is 11.9. The second-order valence-electron chi connectivity index (χ2n) is 4.62. The Morgan fingerprint density at radius 2 is 1.95 bits per heavy atom. The van der Waals surface area contributed by atoms with Gasteiger partial charge in [-0.3, -0.25) is 4.79 Å². The molecule has 5 heteroatoms. The Balaban J connectivity index is 2.19. The van der Waals surface area contributed by atoms with Crippen molar-refractivity contribution >= 4 is 22.5 Å². The number of methoxy groups -OCH3 is 1. The Bertz CT molecular complexity index is 886. The fraction of sp³-hybridized carbons (Fsp3) is 0.0625. The van der Waals surface area contributed by atoms with E-state index in [-0.39, 0.29) is 11.2 Å². The number of phenolic OH excluding ortho intramolecular Hbond substituents is 1. The number of nitrogens with one attached hydrogen (secondary N) is 1. The number of aromatic hydroxyl groups is 1. The summed E-state index contributed by atoms with van der Waals surface area (Å²) in [7, 11) is 1.48. The lowest BCUT2D eigenvalue weighted by Crippen LogP contribution is -2.02. The third kappa shape index (κ3) is 2.45. The molecule has 3 rings (SSSR count). The van der Waals surface area contributed by atoms with E-state index < -0.39 is 0 Å². The molecule has 0 bridgehead atoms. The van der Waals surface area contributed by atoms with Gasteiger partial charge in [-0.1, -0.05) is 11.6 Å². The van der Waals surface area contributed by atoms with Gasteiger partial charge < -0.3 is 14.8 Å². The predicted octanol–water partition coefficient (Wildman–Crippen LogP) is 3.56. The zero-order chi connectivity index (χ0) is 15.0. The quantitative estimate of drug-likeness (QED) is 0.760. The normalized spacial score (nSPS) is 10.8. The summed E-state index contributed by atoms with van der Waals surface area (Å²) < 4.78 is 5.01. The van der Waals surface area contributed by atoms with Crippen LogP contribution in [0.2, 0.25) is 5.02 Å². The van der Waals surface area contributed by atoms with Crippen LogP contribution in [0.4, 0.5) is 0 Å². The van der Waals surface area contributed by atoms with Crippen LogP contribution in [-0.4, -0.2) is 17.2 Å². The van der Waals surface area contributed by atoms with Gasteiger partial charge in [-0.05, 0) is 36.4 Å². The molecule has 0 aliphatic heterocycles. The monoisotopic (exact) mass is 301 g/mol. The molecule has 1 heterocycles. The largest absolute Gasteiger partial charge is 0.504 e. The highest BCUT2D eigenvalue weighted by Crippen LogP contribution is 2.30. The first-order valence-electron chi connectivity index (χ1n) is 6.28. The van der Waals surface area contributed by atoms with Crippen molar-refractivity contribution in [1.29, 1.82) is 0 Å². The molecule has 2 N–H and O–H groups in total. The van der Waals surface area contributed by atoms with Crippen LogP contribution in [0.1, 0.15) is 0 Å². The van der Waals surface area contributed by atoms with Crippen molar-refractivity contribution in [3.05, 3.63) is 57.7 Å².